The van der Waals surface area contributed by atoms with Crippen molar-refractivity contribution < 1.29 is 58.9 Å². The van der Waals surface area contributed by atoms with Gasteiger partial charge >= 0.3 is 29.6 Å². The molecule has 1 aromatic heterocycles. The first-order valence-corrected chi connectivity index (χ1v) is 13.3. The maximum Gasteiger partial charge on any atom is 1.00 e. The average Bonchev–Trinajstić information content (AvgIpc) is 3.26. The fourth-order valence-electron chi connectivity index (χ4n) is 4.68. The van der Waals surface area contributed by atoms with Crippen LogP contribution < -0.4 is 34.7 Å². The van der Waals surface area contributed by atoms with Gasteiger partial charge in [-0.05, 0) is 68.9 Å². The molecule has 0 aliphatic rings. The number of rotatable bonds is 13. The number of halogens is 1. The summed E-state index contributed by atoms with van der Waals surface area (Å²) >= 11 is 0. The predicted molar refractivity (Wildman–Crippen MR) is 144 cm³/mol. The third-order valence-corrected chi connectivity index (χ3v) is 6.61. The number of nitrogens with zero attached hydrogens (tertiary/aromatic N) is 3. The van der Waals surface area contributed by atoms with Crippen molar-refractivity contribution in [2.24, 2.45) is 0 Å². The van der Waals surface area contributed by atoms with Gasteiger partial charge in [0, 0.05) is 36.2 Å². The molecule has 0 saturated carbocycles. The van der Waals surface area contributed by atoms with Crippen LogP contribution >= 0.6 is 0 Å². The Bertz CT molecular complexity index is 1250. The molecule has 3 rings (SSSR count). The number of carbonyl (C=O) groups excluding carboxylic acids is 2. The molecule has 0 fully saturated rings. The first-order valence-electron chi connectivity index (χ1n) is 13.3. The number of hydrogen-bond acceptors (Lipinski definition) is 6. The number of carboxylic acid groups (broad SMARTS) is 1. The van der Waals surface area contributed by atoms with Crippen molar-refractivity contribution in [3.63, 3.8) is 0 Å². The molecule has 3 aromatic rings. The van der Waals surface area contributed by atoms with E-state index < -0.39 is 30.4 Å². The topological polar surface area (TPSA) is 119 Å². The van der Waals surface area contributed by atoms with Gasteiger partial charge in [-0.1, -0.05) is 44.2 Å². The van der Waals surface area contributed by atoms with Crippen molar-refractivity contribution >= 4 is 11.9 Å². The van der Waals surface area contributed by atoms with Crippen LogP contribution in [0.5, 0.6) is 0 Å². The van der Waals surface area contributed by atoms with Gasteiger partial charge in [-0.3, -0.25) is 4.79 Å². The monoisotopic (exact) mass is 561 g/mol. The number of carbonyl (C=O) groups is 2. The summed E-state index contributed by atoms with van der Waals surface area (Å²) in [5, 5.41) is 36.0. The minimum absolute atomic E-state index is 0. The number of benzene rings is 2. The van der Waals surface area contributed by atoms with Crippen molar-refractivity contribution in [1.82, 2.24) is 14.7 Å². The molecule has 0 aliphatic heterocycles. The summed E-state index contributed by atoms with van der Waals surface area (Å²) in [4.78, 5) is 26.5. The van der Waals surface area contributed by atoms with Gasteiger partial charge in [-0.15, -0.1) is 0 Å². The van der Waals surface area contributed by atoms with Gasteiger partial charge < -0.3 is 25.0 Å². The summed E-state index contributed by atoms with van der Waals surface area (Å²) in [7, 11) is 0. The molecule has 2 N–H and O–H groups in total. The normalized spacial score (nSPS) is 12.7. The molecule has 210 valence electrons. The van der Waals surface area contributed by atoms with Crippen LogP contribution in [0, 0.1) is 5.82 Å². The van der Waals surface area contributed by atoms with E-state index in [1.165, 1.54) is 12.1 Å². The van der Waals surface area contributed by atoms with Gasteiger partial charge in [0.25, 0.3) is 5.91 Å². The Morgan fingerprint density at radius 3 is 2.17 bits per heavy atom. The zero-order valence-corrected chi connectivity index (χ0v) is 25.9. The second kappa shape index (κ2) is 15.4. The number of aliphatic carboxylic acids is 1. The van der Waals surface area contributed by atoms with E-state index in [1.807, 2.05) is 58.0 Å². The van der Waals surface area contributed by atoms with E-state index in [4.69, 9.17) is 5.10 Å². The smallest absolute Gasteiger partial charge is 0.550 e. The van der Waals surface area contributed by atoms with E-state index in [2.05, 4.69) is 0 Å². The summed E-state index contributed by atoms with van der Waals surface area (Å²) < 4.78 is 15.3. The van der Waals surface area contributed by atoms with Crippen molar-refractivity contribution in [2.75, 3.05) is 0 Å². The molecular weight excluding hydrogens is 524 g/mol. The van der Waals surface area contributed by atoms with Crippen molar-refractivity contribution in [3.8, 4) is 5.69 Å². The molecule has 0 bridgehead atoms. The SMILES string of the molecule is CC(C)c1c(C(=O)N(Cc2ccccc2)C(C)C)nn(-c2ccc(F)cc2)c1CC[C@@H](O)C[C@@H](O)CC(=O)[O-].[Na+]. The molecule has 0 spiro atoms. The van der Waals surface area contributed by atoms with E-state index in [0.717, 1.165) is 11.1 Å². The van der Waals surface area contributed by atoms with Gasteiger partial charge in [0.15, 0.2) is 5.69 Å². The summed E-state index contributed by atoms with van der Waals surface area (Å²) in [6, 6.07) is 15.4. The molecule has 0 aliphatic carbocycles. The van der Waals surface area contributed by atoms with Crippen LogP contribution in [0.2, 0.25) is 0 Å². The molecule has 0 radical (unpaired) electrons. The first-order chi connectivity index (χ1) is 18.5. The molecule has 10 heteroatoms. The zero-order valence-electron chi connectivity index (χ0n) is 23.9. The number of aliphatic hydroxyl groups is 2. The predicted octanol–water partition coefficient (Wildman–Crippen LogP) is 0.374. The molecule has 0 saturated heterocycles. The molecular formula is C30H37FN3NaO5. The Morgan fingerprint density at radius 2 is 1.62 bits per heavy atom. The van der Waals surface area contributed by atoms with Crippen LogP contribution in [-0.4, -0.2) is 55.0 Å². The van der Waals surface area contributed by atoms with Gasteiger partial charge in [0.2, 0.25) is 0 Å². The van der Waals surface area contributed by atoms with Gasteiger partial charge in [-0.2, -0.15) is 5.10 Å². The zero-order chi connectivity index (χ0) is 28.7. The first kappa shape index (κ1) is 33.6. The van der Waals surface area contributed by atoms with Gasteiger partial charge in [-0.25, -0.2) is 9.07 Å². The van der Waals surface area contributed by atoms with E-state index in [0.29, 0.717) is 30.0 Å². The second-order valence-corrected chi connectivity index (χ2v) is 10.4. The number of amides is 1. The molecule has 1 heterocycles. The Labute approximate surface area is 257 Å². The van der Waals surface area contributed by atoms with E-state index in [9.17, 15) is 29.3 Å². The minimum atomic E-state index is -1.39. The van der Waals surface area contributed by atoms with Gasteiger partial charge in [0.05, 0.1) is 17.9 Å². The minimum Gasteiger partial charge on any atom is -0.550 e. The van der Waals surface area contributed by atoms with Crippen LogP contribution in [-0.2, 0) is 17.8 Å². The number of aromatic nitrogens is 2. The fourth-order valence-corrected chi connectivity index (χ4v) is 4.68. The standard InChI is InChI=1S/C30H38FN3O5.Na/c1-19(2)28-26(15-14-24(35)16-25(36)17-27(37)38)34(23-12-10-22(31)11-13-23)32-29(28)30(39)33(20(3)4)18-21-8-6-5-7-9-21;/h5-13,19-20,24-25,35-36H,14-18H2,1-4H3,(H,37,38);/q;+1/p-1/t24-,25-;/m1./s1. The van der Waals surface area contributed by atoms with Crippen LogP contribution in [0.1, 0.15) is 80.2 Å². The quantitative estimate of drug-likeness (QED) is 0.291. The summed E-state index contributed by atoms with van der Waals surface area (Å²) in [5.41, 5.74) is 3.27. The third kappa shape index (κ3) is 8.97. The summed E-state index contributed by atoms with van der Waals surface area (Å²) in [6.45, 7) is 8.22. The summed E-state index contributed by atoms with van der Waals surface area (Å²) in [6.07, 6.45) is -2.41. The molecule has 40 heavy (non-hydrogen) atoms. The Morgan fingerprint density at radius 1 is 1.00 bits per heavy atom. The largest absolute Gasteiger partial charge is 1.00 e. The van der Waals surface area contributed by atoms with Crippen molar-refractivity contribution in [2.45, 2.75) is 84.1 Å². The average molecular weight is 562 g/mol. The molecule has 2 atom stereocenters. The Hall–Kier alpha value is -2.56. The van der Waals surface area contributed by atoms with E-state index >= 15 is 0 Å². The fraction of sp³-hybridized carbons (Fsp3) is 0.433. The molecule has 8 nitrogen and oxygen atoms in total. The van der Waals surface area contributed by atoms with Crippen LogP contribution in [0.25, 0.3) is 5.69 Å². The maximum absolute atomic E-state index is 14.0. The Balaban J connectivity index is 0.00000560. The van der Waals surface area contributed by atoms with E-state index in [1.54, 1.807) is 21.7 Å². The van der Waals surface area contributed by atoms with Crippen LogP contribution in [0.15, 0.2) is 54.6 Å². The second-order valence-electron chi connectivity index (χ2n) is 10.4. The van der Waals surface area contributed by atoms with Crippen molar-refractivity contribution in [3.05, 3.63) is 82.9 Å². The van der Waals surface area contributed by atoms with Crippen LogP contribution in [0.3, 0.4) is 0 Å². The van der Waals surface area contributed by atoms with Crippen LogP contribution in [0.4, 0.5) is 4.39 Å². The Kier molecular flexibility index (Phi) is 13.0. The number of carboxylic acids is 1. The number of hydrogen-bond donors (Lipinski definition) is 2. The molecule has 1 amide bonds. The molecule has 2 aromatic carbocycles. The molecule has 0 unspecified atom stereocenters. The van der Waals surface area contributed by atoms with E-state index in [-0.39, 0.29) is 60.3 Å². The van der Waals surface area contributed by atoms with Crippen molar-refractivity contribution in [1.29, 1.82) is 0 Å². The van der Waals surface area contributed by atoms with Gasteiger partial charge in [0.1, 0.15) is 5.82 Å². The number of aliphatic hydroxyl groups excluding tert-OH is 2. The summed E-state index contributed by atoms with van der Waals surface area (Å²) in [5.74, 6) is -2.12. The maximum atomic E-state index is 14.0. The third-order valence-electron chi connectivity index (χ3n) is 6.61.